The molecule has 6 nitrogen and oxygen atoms in total. The van der Waals surface area contributed by atoms with E-state index in [2.05, 4.69) is 36.3 Å². The largest absolute Gasteiger partial charge is 0.495 e. The van der Waals surface area contributed by atoms with Gasteiger partial charge >= 0.3 is 0 Å². The molecule has 0 aliphatic carbocycles. The van der Waals surface area contributed by atoms with Crippen LogP contribution < -0.4 is 14.8 Å². The van der Waals surface area contributed by atoms with Crippen molar-refractivity contribution in [2.24, 2.45) is 10.9 Å². The molecule has 0 saturated carbocycles. The van der Waals surface area contributed by atoms with E-state index in [9.17, 15) is 4.79 Å². The standard InChI is InChI=1S/C31H39N3O3/c1-20-23-10-9-22(19-26(23)27(32-20)8-6-7-21-14-17-34(4)18-15-21)33-30(35)25-11-12-28-24(29(25)36-5)13-16-31(2,3)37-28/h9-13,16,19,21,27H,6-8,14-15,17-18H2,1-5H3,(H,33,35). The van der Waals surface area contributed by atoms with Gasteiger partial charge in [0.05, 0.1) is 24.3 Å². The van der Waals surface area contributed by atoms with E-state index < -0.39 is 5.60 Å². The van der Waals surface area contributed by atoms with Crippen LogP contribution >= 0.6 is 0 Å². The van der Waals surface area contributed by atoms with E-state index in [-0.39, 0.29) is 11.9 Å². The predicted octanol–water partition coefficient (Wildman–Crippen LogP) is 6.51. The van der Waals surface area contributed by atoms with Crippen molar-refractivity contribution in [1.82, 2.24) is 4.90 Å². The van der Waals surface area contributed by atoms with Crippen LogP contribution in [0.5, 0.6) is 11.5 Å². The number of amides is 1. The lowest BCUT2D eigenvalue weighted by Gasteiger charge is -2.29. The molecule has 3 aliphatic rings. The van der Waals surface area contributed by atoms with Crippen LogP contribution in [-0.4, -0.2) is 49.4 Å². The number of likely N-dealkylation sites (tertiary alicyclic amines) is 1. The molecule has 2 aromatic rings. The van der Waals surface area contributed by atoms with Crippen LogP contribution in [0.1, 0.15) is 86.0 Å². The van der Waals surface area contributed by atoms with Gasteiger partial charge in [-0.1, -0.05) is 18.9 Å². The highest BCUT2D eigenvalue weighted by atomic mass is 16.5. The first kappa shape index (κ1) is 25.5. The van der Waals surface area contributed by atoms with Gasteiger partial charge in [0.25, 0.3) is 5.91 Å². The van der Waals surface area contributed by atoms with Crippen molar-refractivity contribution in [3.05, 3.63) is 58.7 Å². The van der Waals surface area contributed by atoms with Gasteiger partial charge in [-0.15, -0.1) is 0 Å². The molecule has 0 aromatic heterocycles. The first-order valence-electron chi connectivity index (χ1n) is 13.5. The fourth-order valence-electron chi connectivity index (χ4n) is 5.82. The van der Waals surface area contributed by atoms with Gasteiger partial charge < -0.3 is 19.7 Å². The average molecular weight is 502 g/mol. The zero-order valence-electron chi connectivity index (χ0n) is 22.8. The molecule has 1 fully saturated rings. The third-order valence-electron chi connectivity index (χ3n) is 7.96. The summed E-state index contributed by atoms with van der Waals surface area (Å²) in [4.78, 5) is 20.7. The van der Waals surface area contributed by atoms with Crippen LogP contribution in [0.4, 0.5) is 5.69 Å². The van der Waals surface area contributed by atoms with Gasteiger partial charge in [-0.2, -0.15) is 0 Å². The number of benzene rings is 2. The van der Waals surface area contributed by atoms with E-state index >= 15 is 0 Å². The number of fused-ring (bicyclic) bond motifs is 2. The second-order valence-electron chi connectivity index (χ2n) is 11.3. The zero-order valence-corrected chi connectivity index (χ0v) is 22.8. The Labute approximate surface area is 220 Å². The normalized spacial score (nSPS) is 20.6. The Kier molecular flexibility index (Phi) is 7.13. The SMILES string of the molecule is COc1c(C(=O)Nc2ccc3c(c2)C(CCCC2CCN(C)CC2)N=C3C)ccc2c1C=CC(C)(C)O2. The summed E-state index contributed by atoms with van der Waals surface area (Å²) in [7, 11) is 3.80. The fourth-order valence-corrected chi connectivity index (χ4v) is 5.82. The van der Waals surface area contributed by atoms with Gasteiger partial charge in [0.2, 0.25) is 0 Å². The number of hydrogen-bond donors (Lipinski definition) is 1. The van der Waals surface area contributed by atoms with Crippen molar-refractivity contribution in [3.63, 3.8) is 0 Å². The minimum Gasteiger partial charge on any atom is -0.495 e. The molecular formula is C31H39N3O3. The Balaban J connectivity index is 1.28. The molecule has 196 valence electrons. The summed E-state index contributed by atoms with van der Waals surface area (Å²) in [6.07, 6.45) is 10.1. The van der Waals surface area contributed by atoms with Crippen LogP contribution in [0.2, 0.25) is 0 Å². The summed E-state index contributed by atoms with van der Waals surface area (Å²) in [5.41, 5.74) is 5.16. The molecule has 6 heteroatoms. The molecule has 1 atom stereocenters. The molecule has 1 N–H and O–H groups in total. The number of nitrogens with one attached hydrogen (secondary N) is 1. The lowest BCUT2D eigenvalue weighted by molar-refractivity contribution is 0.102. The third-order valence-corrected chi connectivity index (χ3v) is 7.96. The molecule has 3 heterocycles. The number of methoxy groups -OCH3 is 1. The number of aliphatic imine (C=N–C) groups is 1. The smallest absolute Gasteiger partial charge is 0.259 e. The van der Waals surface area contributed by atoms with Crippen molar-refractivity contribution in [1.29, 1.82) is 0 Å². The summed E-state index contributed by atoms with van der Waals surface area (Å²) >= 11 is 0. The molecule has 0 bridgehead atoms. The van der Waals surface area contributed by atoms with Crippen LogP contribution in [0.25, 0.3) is 6.08 Å². The number of carbonyl (C=O) groups excluding carboxylic acids is 1. The molecule has 1 amide bonds. The number of rotatable bonds is 7. The molecule has 1 unspecified atom stereocenters. The van der Waals surface area contributed by atoms with Crippen molar-refractivity contribution < 1.29 is 14.3 Å². The van der Waals surface area contributed by atoms with Crippen LogP contribution in [-0.2, 0) is 0 Å². The Morgan fingerprint density at radius 3 is 2.73 bits per heavy atom. The lowest BCUT2D eigenvalue weighted by Crippen LogP contribution is -2.30. The van der Waals surface area contributed by atoms with Gasteiger partial charge in [0.15, 0.2) is 0 Å². The highest BCUT2D eigenvalue weighted by Crippen LogP contribution is 2.40. The minimum atomic E-state index is -0.393. The van der Waals surface area contributed by atoms with E-state index in [0.29, 0.717) is 17.1 Å². The number of hydrogen-bond acceptors (Lipinski definition) is 5. The first-order valence-corrected chi connectivity index (χ1v) is 13.5. The topological polar surface area (TPSA) is 63.2 Å². The van der Waals surface area contributed by atoms with Crippen molar-refractivity contribution in [2.45, 2.75) is 64.5 Å². The third kappa shape index (κ3) is 5.45. The fraction of sp³-hybridized carbons (Fsp3) is 0.484. The Bertz CT molecular complexity index is 1240. The highest BCUT2D eigenvalue weighted by Gasteiger charge is 2.28. The van der Waals surface area contributed by atoms with Gasteiger partial charge in [0, 0.05) is 17.0 Å². The monoisotopic (exact) mass is 501 g/mol. The summed E-state index contributed by atoms with van der Waals surface area (Å²) in [5.74, 6) is 1.88. The molecule has 0 radical (unpaired) electrons. The molecular weight excluding hydrogens is 462 g/mol. The molecule has 3 aliphatic heterocycles. The molecule has 1 saturated heterocycles. The minimum absolute atomic E-state index is 0.169. The van der Waals surface area contributed by atoms with E-state index in [4.69, 9.17) is 14.5 Å². The number of ether oxygens (including phenoxy) is 2. The van der Waals surface area contributed by atoms with E-state index in [1.807, 2.05) is 38.1 Å². The predicted molar refractivity (Wildman–Crippen MR) is 150 cm³/mol. The highest BCUT2D eigenvalue weighted by molar-refractivity contribution is 6.08. The molecule has 5 rings (SSSR count). The number of nitrogens with zero attached hydrogens (tertiary/aromatic N) is 2. The maximum Gasteiger partial charge on any atom is 0.259 e. The first-order chi connectivity index (χ1) is 17.7. The van der Waals surface area contributed by atoms with Crippen LogP contribution in [0, 0.1) is 5.92 Å². The van der Waals surface area contributed by atoms with E-state index in [0.717, 1.165) is 29.3 Å². The Morgan fingerprint density at radius 1 is 1.19 bits per heavy atom. The Hall–Kier alpha value is -3.12. The van der Waals surface area contributed by atoms with Gasteiger partial charge in [0.1, 0.15) is 17.1 Å². The van der Waals surface area contributed by atoms with Crippen LogP contribution in [0.15, 0.2) is 41.4 Å². The summed E-state index contributed by atoms with van der Waals surface area (Å²) in [5, 5.41) is 3.09. The van der Waals surface area contributed by atoms with Crippen molar-refractivity contribution in [2.75, 3.05) is 32.6 Å². The van der Waals surface area contributed by atoms with Gasteiger partial charge in [-0.25, -0.2) is 0 Å². The molecule has 0 spiro atoms. The van der Waals surface area contributed by atoms with Crippen molar-refractivity contribution >= 4 is 23.4 Å². The molecule has 2 aromatic carbocycles. The van der Waals surface area contributed by atoms with Gasteiger partial charge in [-0.3, -0.25) is 9.79 Å². The quantitative estimate of drug-likeness (QED) is 0.470. The Morgan fingerprint density at radius 2 is 1.97 bits per heavy atom. The summed E-state index contributed by atoms with van der Waals surface area (Å²) in [6, 6.07) is 9.94. The average Bonchev–Trinajstić information content (AvgIpc) is 3.18. The summed E-state index contributed by atoms with van der Waals surface area (Å²) < 4.78 is 11.7. The zero-order chi connectivity index (χ0) is 26.2. The number of anilines is 1. The van der Waals surface area contributed by atoms with Gasteiger partial charge in [-0.05, 0) is 108 Å². The second kappa shape index (κ2) is 10.3. The summed E-state index contributed by atoms with van der Waals surface area (Å²) in [6.45, 7) is 8.52. The van der Waals surface area contributed by atoms with Crippen molar-refractivity contribution in [3.8, 4) is 11.5 Å². The maximum atomic E-state index is 13.3. The van der Waals surface area contributed by atoms with Crippen LogP contribution in [0.3, 0.4) is 0 Å². The number of carbonyl (C=O) groups is 1. The van der Waals surface area contributed by atoms with E-state index in [1.165, 1.54) is 49.9 Å². The maximum absolute atomic E-state index is 13.3. The number of piperidine rings is 1. The molecule has 37 heavy (non-hydrogen) atoms. The lowest BCUT2D eigenvalue weighted by atomic mass is 9.90. The second-order valence-corrected chi connectivity index (χ2v) is 11.3. The van der Waals surface area contributed by atoms with E-state index in [1.54, 1.807) is 13.2 Å².